The van der Waals surface area contributed by atoms with E-state index < -0.39 is 9.84 Å². The van der Waals surface area contributed by atoms with Crippen molar-refractivity contribution in [2.75, 3.05) is 18.1 Å². The zero-order valence-corrected chi connectivity index (χ0v) is 13.9. The van der Waals surface area contributed by atoms with Gasteiger partial charge in [-0.15, -0.1) is 11.3 Å². The molecule has 1 amide bonds. The maximum Gasteiger partial charge on any atom is 0.246 e. The van der Waals surface area contributed by atoms with E-state index in [4.69, 9.17) is 0 Å². The van der Waals surface area contributed by atoms with Crippen molar-refractivity contribution < 1.29 is 13.2 Å². The zero-order valence-electron chi connectivity index (χ0n) is 12.3. The van der Waals surface area contributed by atoms with E-state index in [2.05, 4.69) is 4.98 Å². The van der Waals surface area contributed by atoms with E-state index in [1.807, 2.05) is 19.2 Å². The van der Waals surface area contributed by atoms with Gasteiger partial charge in [-0.05, 0) is 25.8 Å². The number of aromatic nitrogens is 1. The van der Waals surface area contributed by atoms with Crippen LogP contribution in [0, 0.1) is 6.92 Å². The lowest BCUT2D eigenvalue weighted by molar-refractivity contribution is -0.127. The van der Waals surface area contributed by atoms with Gasteiger partial charge < -0.3 is 4.90 Å². The molecule has 1 fully saturated rings. The van der Waals surface area contributed by atoms with Crippen LogP contribution in [0.2, 0.25) is 0 Å². The molecule has 2 heterocycles. The molecule has 2 rings (SSSR count). The molecule has 1 saturated heterocycles. The summed E-state index contributed by atoms with van der Waals surface area (Å²) in [5.41, 5.74) is 0.765. The number of amides is 1. The first kappa shape index (κ1) is 16.2. The Balaban J connectivity index is 2.07. The third-order valence-corrected chi connectivity index (χ3v) is 5.97. The van der Waals surface area contributed by atoms with Crippen molar-refractivity contribution in [2.24, 2.45) is 0 Å². The molecular weight excluding hydrogens is 308 g/mol. The summed E-state index contributed by atoms with van der Waals surface area (Å²) in [7, 11) is -2.98. The number of aryl methyl sites for hydroxylation is 1. The second-order valence-electron chi connectivity index (χ2n) is 5.21. The van der Waals surface area contributed by atoms with Crippen LogP contribution < -0.4 is 0 Å². The molecule has 116 valence electrons. The fourth-order valence-corrected chi connectivity index (χ4v) is 4.76. The quantitative estimate of drug-likeness (QED) is 0.774. The van der Waals surface area contributed by atoms with E-state index in [1.165, 1.54) is 17.4 Å². The number of hydrogen-bond acceptors (Lipinski definition) is 5. The summed E-state index contributed by atoms with van der Waals surface area (Å²) in [4.78, 5) is 18.3. The second kappa shape index (κ2) is 6.70. The molecule has 0 bridgehead atoms. The maximum atomic E-state index is 12.3. The van der Waals surface area contributed by atoms with Gasteiger partial charge in [-0.1, -0.05) is 6.92 Å². The molecule has 0 saturated carbocycles. The fourth-order valence-electron chi connectivity index (χ4n) is 2.44. The first-order chi connectivity index (χ1) is 9.91. The van der Waals surface area contributed by atoms with Crippen molar-refractivity contribution in [3.05, 3.63) is 22.2 Å². The van der Waals surface area contributed by atoms with Crippen LogP contribution in [0.4, 0.5) is 0 Å². The summed E-state index contributed by atoms with van der Waals surface area (Å²) in [6.45, 7) is 4.48. The minimum absolute atomic E-state index is 0.0857. The Labute approximate surface area is 129 Å². The van der Waals surface area contributed by atoms with Crippen LogP contribution in [0.3, 0.4) is 0 Å². The number of hydrogen-bond donors (Lipinski definition) is 0. The SMILES string of the molecule is CCCN(C(=O)/C=C/c1csc(C)n1)C1CCS(=O)(=O)C1. The zero-order chi connectivity index (χ0) is 15.5. The number of carbonyl (C=O) groups is 1. The fraction of sp³-hybridized carbons (Fsp3) is 0.571. The van der Waals surface area contributed by atoms with Crippen LogP contribution in [0.5, 0.6) is 0 Å². The van der Waals surface area contributed by atoms with Crippen molar-refractivity contribution in [3.63, 3.8) is 0 Å². The topological polar surface area (TPSA) is 67.3 Å². The molecular formula is C14H20N2O3S2. The lowest BCUT2D eigenvalue weighted by atomic mass is 10.2. The van der Waals surface area contributed by atoms with Gasteiger partial charge in [0.1, 0.15) is 0 Å². The summed E-state index contributed by atoms with van der Waals surface area (Å²) < 4.78 is 23.2. The lowest BCUT2D eigenvalue weighted by Crippen LogP contribution is -2.40. The molecule has 7 heteroatoms. The maximum absolute atomic E-state index is 12.3. The van der Waals surface area contributed by atoms with E-state index >= 15 is 0 Å². The predicted molar refractivity (Wildman–Crippen MR) is 84.9 cm³/mol. The molecule has 0 aliphatic carbocycles. The van der Waals surface area contributed by atoms with Crippen LogP contribution in [0.25, 0.3) is 6.08 Å². The Morgan fingerprint density at radius 3 is 2.86 bits per heavy atom. The molecule has 1 aromatic rings. The summed E-state index contributed by atoms with van der Waals surface area (Å²) in [5, 5.41) is 2.85. The normalized spacial score (nSPS) is 21.0. The summed E-state index contributed by atoms with van der Waals surface area (Å²) in [5.74, 6) is 0.132. The highest BCUT2D eigenvalue weighted by molar-refractivity contribution is 7.91. The Morgan fingerprint density at radius 2 is 2.33 bits per heavy atom. The van der Waals surface area contributed by atoms with Gasteiger partial charge in [-0.2, -0.15) is 0 Å². The number of rotatable bonds is 5. The first-order valence-corrected chi connectivity index (χ1v) is 9.72. The minimum Gasteiger partial charge on any atom is -0.335 e. The van der Waals surface area contributed by atoms with E-state index in [9.17, 15) is 13.2 Å². The molecule has 1 unspecified atom stereocenters. The molecule has 21 heavy (non-hydrogen) atoms. The van der Waals surface area contributed by atoms with Gasteiger partial charge in [-0.25, -0.2) is 13.4 Å². The standard InChI is InChI=1S/C14H20N2O3S2/c1-3-7-16(13-6-8-21(18,19)10-13)14(17)5-4-12-9-20-11(2)15-12/h4-5,9,13H,3,6-8,10H2,1-2H3/b5-4+. The summed E-state index contributed by atoms with van der Waals surface area (Å²) >= 11 is 1.53. The second-order valence-corrected chi connectivity index (χ2v) is 8.50. The highest BCUT2D eigenvalue weighted by Crippen LogP contribution is 2.19. The van der Waals surface area contributed by atoms with Gasteiger partial charge in [0.2, 0.25) is 5.91 Å². The Kier molecular flexibility index (Phi) is 5.16. The smallest absolute Gasteiger partial charge is 0.246 e. The molecule has 0 N–H and O–H groups in total. The molecule has 0 spiro atoms. The van der Waals surface area contributed by atoms with Crippen LogP contribution in [0.1, 0.15) is 30.5 Å². The third kappa shape index (κ3) is 4.38. The van der Waals surface area contributed by atoms with Gasteiger partial charge in [0.05, 0.1) is 22.2 Å². The van der Waals surface area contributed by atoms with Gasteiger partial charge >= 0.3 is 0 Å². The van der Waals surface area contributed by atoms with Gasteiger partial charge in [0, 0.05) is 24.0 Å². The highest BCUT2D eigenvalue weighted by atomic mass is 32.2. The molecule has 0 aromatic carbocycles. The summed E-state index contributed by atoms with van der Waals surface area (Å²) in [6, 6.07) is -0.190. The van der Waals surface area contributed by atoms with Crippen LogP contribution >= 0.6 is 11.3 Å². The van der Waals surface area contributed by atoms with Gasteiger partial charge in [-0.3, -0.25) is 4.79 Å². The molecule has 1 atom stereocenters. The van der Waals surface area contributed by atoms with Crippen molar-refractivity contribution in [2.45, 2.75) is 32.7 Å². The first-order valence-electron chi connectivity index (χ1n) is 7.02. The molecule has 1 aliphatic heterocycles. The number of thiazole rings is 1. The van der Waals surface area contributed by atoms with Crippen molar-refractivity contribution in [1.82, 2.24) is 9.88 Å². The third-order valence-electron chi connectivity index (χ3n) is 3.43. The molecule has 1 aromatic heterocycles. The number of nitrogens with zero attached hydrogens (tertiary/aromatic N) is 2. The van der Waals surface area contributed by atoms with E-state index in [0.717, 1.165) is 17.1 Å². The summed E-state index contributed by atoms with van der Waals surface area (Å²) in [6.07, 6.45) is 4.54. The number of carbonyl (C=O) groups excluding carboxylic acids is 1. The Hall–Kier alpha value is -1.21. The molecule has 5 nitrogen and oxygen atoms in total. The van der Waals surface area contributed by atoms with E-state index in [0.29, 0.717) is 13.0 Å². The lowest BCUT2D eigenvalue weighted by Gasteiger charge is -2.26. The average molecular weight is 328 g/mol. The largest absolute Gasteiger partial charge is 0.335 e. The molecule has 0 radical (unpaired) electrons. The van der Waals surface area contributed by atoms with Crippen molar-refractivity contribution in [1.29, 1.82) is 0 Å². The van der Waals surface area contributed by atoms with Crippen molar-refractivity contribution in [3.8, 4) is 0 Å². The Bertz CT molecular complexity index is 634. The van der Waals surface area contributed by atoms with E-state index in [-0.39, 0.29) is 23.5 Å². The van der Waals surface area contributed by atoms with Crippen LogP contribution in [0.15, 0.2) is 11.5 Å². The average Bonchev–Trinajstić information content (AvgIpc) is 2.99. The monoisotopic (exact) mass is 328 g/mol. The van der Waals surface area contributed by atoms with Crippen LogP contribution in [-0.4, -0.2) is 48.3 Å². The predicted octanol–water partition coefficient (Wildman–Crippen LogP) is 1.89. The van der Waals surface area contributed by atoms with Gasteiger partial charge in [0.15, 0.2) is 9.84 Å². The molecule has 1 aliphatic rings. The number of sulfone groups is 1. The van der Waals surface area contributed by atoms with Gasteiger partial charge in [0.25, 0.3) is 0 Å². The van der Waals surface area contributed by atoms with E-state index in [1.54, 1.807) is 11.0 Å². The minimum atomic E-state index is -2.98. The van der Waals surface area contributed by atoms with Crippen LogP contribution in [-0.2, 0) is 14.6 Å². The highest BCUT2D eigenvalue weighted by Gasteiger charge is 2.33. The Morgan fingerprint density at radius 1 is 1.57 bits per heavy atom. The van der Waals surface area contributed by atoms with Crippen molar-refractivity contribution >= 4 is 33.2 Å².